The van der Waals surface area contributed by atoms with Crippen molar-refractivity contribution in [3.8, 4) is 0 Å². The molecule has 0 aliphatic carbocycles. The van der Waals surface area contributed by atoms with Gasteiger partial charge >= 0.3 is 0 Å². The van der Waals surface area contributed by atoms with E-state index < -0.39 is 15.9 Å². The molecule has 7 heteroatoms. The first kappa shape index (κ1) is 20.2. The maximum Gasteiger partial charge on any atom is 0.225 e. The van der Waals surface area contributed by atoms with Crippen molar-refractivity contribution in [2.45, 2.75) is 39.2 Å². The molecule has 0 saturated carbocycles. The molecule has 0 saturated heterocycles. The van der Waals surface area contributed by atoms with E-state index in [9.17, 15) is 13.2 Å². The Morgan fingerprint density at radius 2 is 1.85 bits per heavy atom. The van der Waals surface area contributed by atoms with Gasteiger partial charge in [-0.05, 0) is 18.4 Å². The van der Waals surface area contributed by atoms with Crippen molar-refractivity contribution in [3.63, 3.8) is 0 Å². The van der Waals surface area contributed by atoms with Gasteiger partial charge in [0.05, 0.1) is 23.9 Å². The Kier molecular flexibility index (Phi) is 6.58. The quantitative estimate of drug-likeness (QED) is 0.763. The van der Waals surface area contributed by atoms with Gasteiger partial charge in [0, 0.05) is 24.6 Å². The van der Waals surface area contributed by atoms with Gasteiger partial charge < -0.3 is 5.32 Å². The number of hydrogen-bond donors (Lipinski definition) is 1. The summed E-state index contributed by atoms with van der Waals surface area (Å²) in [5.74, 6) is -0.322. The number of nitrogens with zero attached hydrogens (tertiary/aromatic N) is 2. The highest BCUT2D eigenvalue weighted by Crippen LogP contribution is 2.18. The minimum absolute atomic E-state index is 0.128. The lowest BCUT2D eigenvalue weighted by atomic mass is 10.0. The van der Waals surface area contributed by atoms with Crippen LogP contribution in [0.15, 0.2) is 30.3 Å². The third-order valence-electron chi connectivity index (χ3n) is 4.37. The van der Waals surface area contributed by atoms with Crippen molar-refractivity contribution >= 4 is 15.7 Å². The smallest absolute Gasteiger partial charge is 0.225 e. The van der Waals surface area contributed by atoms with E-state index in [1.54, 1.807) is 0 Å². The van der Waals surface area contributed by atoms with Gasteiger partial charge in [-0.3, -0.25) is 9.48 Å². The second-order valence-electron chi connectivity index (χ2n) is 6.50. The van der Waals surface area contributed by atoms with Crippen LogP contribution in [0.2, 0.25) is 0 Å². The molecule has 6 nitrogen and oxygen atoms in total. The molecule has 26 heavy (non-hydrogen) atoms. The highest BCUT2D eigenvalue weighted by Gasteiger charge is 2.22. The Morgan fingerprint density at radius 3 is 2.38 bits per heavy atom. The molecule has 0 bridgehead atoms. The number of hydrogen-bond acceptors (Lipinski definition) is 4. The van der Waals surface area contributed by atoms with Gasteiger partial charge in [0.25, 0.3) is 0 Å². The molecule has 1 atom stereocenters. The topological polar surface area (TPSA) is 81.1 Å². The van der Waals surface area contributed by atoms with Crippen molar-refractivity contribution in [1.82, 2.24) is 15.1 Å². The fourth-order valence-corrected chi connectivity index (χ4v) is 4.09. The fraction of sp³-hybridized carbons (Fsp3) is 0.474. The molecule has 0 unspecified atom stereocenters. The molecule has 0 fully saturated rings. The predicted octanol–water partition coefficient (Wildman–Crippen LogP) is 1.99. The monoisotopic (exact) mass is 377 g/mol. The van der Waals surface area contributed by atoms with Crippen molar-refractivity contribution in [1.29, 1.82) is 0 Å². The third-order valence-corrected chi connectivity index (χ3v) is 5.31. The van der Waals surface area contributed by atoms with E-state index in [-0.39, 0.29) is 18.1 Å². The first-order valence-electron chi connectivity index (χ1n) is 8.80. The lowest BCUT2D eigenvalue weighted by Crippen LogP contribution is -2.34. The second kappa shape index (κ2) is 8.49. The zero-order chi connectivity index (χ0) is 19.3. The Balaban J connectivity index is 2.23. The Hall–Kier alpha value is -2.15. The first-order chi connectivity index (χ1) is 12.2. The van der Waals surface area contributed by atoms with E-state index in [0.717, 1.165) is 35.4 Å². The molecule has 1 aromatic carbocycles. The SMILES string of the molecule is CCc1nn(C)c(CC)c1CC(=O)N[C@@H](CS(C)(=O)=O)c1ccccc1. The van der Waals surface area contributed by atoms with Gasteiger partial charge in [-0.15, -0.1) is 0 Å². The maximum absolute atomic E-state index is 12.7. The molecule has 1 amide bonds. The molecule has 2 aromatic rings. The summed E-state index contributed by atoms with van der Waals surface area (Å²) in [7, 11) is -1.36. The lowest BCUT2D eigenvalue weighted by Gasteiger charge is -2.18. The molecule has 0 aliphatic heterocycles. The van der Waals surface area contributed by atoms with Gasteiger partial charge in [-0.1, -0.05) is 44.2 Å². The normalized spacial score (nSPS) is 12.8. The van der Waals surface area contributed by atoms with Crippen LogP contribution in [0.25, 0.3) is 0 Å². The van der Waals surface area contributed by atoms with Crippen molar-refractivity contribution in [2.75, 3.05) is 12.0 Å². The molecule has 1 aromatic heterocycles. The number of nitrogens with one attached hydrogen (secondary N) is 1. The van der Waals surface area contributed by atoms with E-state index in [4.69, 9.17) is 0 Å². The van der Waals surface area contributed by atoms with Gasteiger partial charge in [0.15, 0.2) is 0 Å². The summed E-state index contributed by atoms with van der Waals surface area (Å²) in [4.78, 5) is 12.7. The van der Waals surface area contributed by atoms with Crippen LogP contribution < -0.4 is 5.32 Å². The Morgan fingerprint density at radius 1 is 1.19 bits per heavy atom. The van der Waals surface area contributed by atoms with Crippen LogP contribution in [0.1, 0.15) is 42.4 Å². The molecule has 1 N–H and O–H groups in total. The summed E-state index contributed by atoms with van der Waals surface area (Å²) in [6, 6.07) is 8.62. The summed E-state index contributed by atoms with van der Waals surface area (Å²) >= 11 is 0. The van der Waals surface area contributed by atoms with Crippen LogP contribution in [0, 0.1) is 0 Å². The largest absolute Gasteiger partial charge is 0.348 e. The van der Waals surface area contributed by atoms with Crippen LogP contribution >= 0.6 is 0 Å². The molecular weight excluding hydrogens is 350 g/mol. The summed E-state index contributed by atoms with van der Waals surface area (Å²) < 4.78 is 25.4. The van der Waals surface area contributed by atoms with E-state index in [0.29, 0.717) is 0 Å². The Bertz CT molecular complexity index is 858. The molecule has 1 heterocycles. The minimum Gasteiger partial charge on any atom is -0.348 e. The third kappa shape index (κ3) is 5.17. The summed E-state index contributed by atoms with van der Waals surface area (Å²) in [6.45, 7) is 4.05. The van der Waals surface area contributed by atoms with Gasteiger partial charge in [0.1, 0.15) is 9.84 Å². The number of rotatable bonds is 8. The number of carbonyl (C=O) groups is 1. The lowest BCUT2D eigenvalue weighted by molar-refractivity contribution is -0.121. The van der Waals surface area contributed by atoms with E-state index in [2.05, 4.69) is 10.4 Å². The van der Waals surface area contributed by atoms with Crippen LogP contribution in [0.3, 0.4) is 0 Å². The summed E-state index contributed by atoms with van der Waals surface area (Å²) in [5, 5.41) is 7.39. The molecule has 0 aliphatic rings. The zero-order valence-electron chi connectivity index (χ0n) is 15.8. The van der Waals surface area contributed by atoms with Gasteiger partial charge in [-0.2, -0.15) is 5.10 Å². The molecule has 0 radical (unpaired) electrons. The number of amides is 1. The highest BCUT2D eigenvalue weighted by molar-refractivity contribution is 7.90. The first-order valence-corrected chi connectivity index (χ1v) is 10.9. The molecular formula is C19H27N3O3S. The minimum atomic E-state index is -3.24. The van der Waals surface area contributed by atoms with E-state index >= 15 is 0 Å². The van der Waals surface area contributed by atoms with Gasteiger partial charge in [0.2, 0.25) is 5.91 Å². The summed E-state index contributed by atoms with van der Waals surface area (Å²) in [6.07, 6.45) is 2.92. The molecule has 142 valence electrons. The molecule has 0 spiro atoms. The zero-order valence-corrected chi connectivity index (χ0v) is 16.6. The standard InChI is InChI=1S/C19H27N3O3S/c1-5-16-15(18(6-2)22(3)21-16)12-19(23)20-17(13-26(4,24)25)14-10-8-7-9-11-14/h7-11,17H,5-6,12-13H2,1-4H3,(H,20,23)/t17-/m0/s1. The second-order valence-corrected chi connectivity index (χ2v) is 8.69. The van der Waals surface area contributed by atoms with Crippen molar-refractivity contribution < 1.29 is 13.2 Å². The number of sulfone groups is 1. The van der Waals surface area contributed by atoms with E-state index in [1.165, 1.54) is 6.26 Å². The average Bonchev–Trinajstić information content (AvgIpc) is 2.88. The van der Waals surface area contributed by atoms with Crippen LogP contribution in [-0.4, -0.2) is 36.1 Å². The van der Waals surface area contributed by atoms with Gasteiger partial charge in [-0.25, -0.2) is 8.42 Å². The maximum atomic E-state index is 12.7. The predicted molar refractivity (Wildman–Crippen MR) is 103 cm³/mol. The number of aromatic nitrogens is 2. The molecule has 2 rings (SSSR count). The fourth-order valence-electron chi connectivity index (χ4n) is 3.21. The number of carbonyl (C=O) groups excluding carboxylic acids is 1. The Labute approximate surface area is 155 Å². The van der Waals surface area contributed by atoms with Crippen LogP contribution in [0.4, 0.5) is 0 Å². The van der Waals surface area contributed by atoms with E-state index in [1.807, 2.05) is 55.9 Å². The van der Waals surface area contributed by atoms with Crippen LogP contribution in [0.5, 0.6) is 0 Å². The number of benzene rings is 1. The number of aryl methyl sites for hydroxylation is 2. The van der Waals surface area contributed by atoms with Crippen LogP contribution in [-0.2, 0) is 40.9 Å². The van der Waals surface area contributed by atoms with Crippen molar-refractivity contribution in [2.24, 2.45) is 7.05 Å². The highest BCUT2D eigenvalue weighted by atomic mass is 32.2. The average molecular weight is 378 g/mol. The summed E-state index contributed by atoms with van der Waals surface area (Å²) in [5.41, 5.74) is 3.68. The van der Waals surface area contributed by atoms with Crippen molar-refractivity contribution in [3.05, 3.63) is 52.8 Å².